The van der Waals surface area contributed by atoms with Crippen LogP contribution in [0.1, 0.15) is 38.5 Å². The zero-order chi connectivity index (χ0) is 14.7. The summed E-state index contributed by atoms with van der Waals surface area (Å²) in [5.74, 6) is 2.71. The summed E-state index contributed by atoms with van der Waals surface area (Å²) in [6, 6.07) is 1.45. The maximum Gasteiger partial charge on any atom is 0.0367 e. The average Bonchev–Trinajstić information content (AvgIpc) is 3.24. The Labute approximate surface area is 139 Å². The van der Waals surface area contributed by atoms with Crippen molar-refractivity contribution in [2.24, 2.45) is 23.2 Å². The van der Waals surface area contributed by atoms with Gasteiger partial charge in [0.15, 0.2) is 0 Å². The second-order valence-corrected chi connectivity index (χ2v) is 8.92. The summed E-state index contributed by atoms with van der Waals surface area (Å²) in [5.41, 5.74) is 0.462. The lowest BCUT2D eigenvalue weighted by molar-refractivity contribution is 0.0458. The van der Waals surface area contributed by atoms with Gasteiger partial charge in [-0.25, -0.2) is 0 Å². The van der Waals surface area contributed by atoms with Gasteiger partial charge in [-0.2, -0.15) is 0 Å². The summed E-state index contributed by atoms with van der Waals surface area (Å²) >= 11 is 6.30. The lowest BCUT2D eigenvalue weighted by Crippen LogP contribution is -2.49. The minimum Gasteiger partial charge on any atom is -0.309 e. The molecule has 120 valence electrons. The van der Waals surface area contributed by atoms with Crippen LogP contribution in [-0.2, 0) is 0 Å². The first-order valence-corrected chi connectivity index (χ1v) is 9.64. The number of nitrogens with zero attached hydrogens (tertiary/aromatic N) is 1. The topological polar surface area (TPSA) is 15.3 Å². The molecule has 2 bridgehead atoms. The van der Waals surface area contributed by atoms with E-state index >= 15 is 0 Å². The number of nitrogens with one attached hydrogen (secondary N) is 1. The van der Waals surface area contributed by atoms with Gasteiger partial charge in [-0.1, -0.05) is 30.2 Å². The van der Waals surface area contributed by atoms with E-state index in [1.54, 1.807) is 0 Å². The third-order valence-corrected chi connectivity index (χ3v) is 7.80. The van der Waals surface area contributed by atoms with Crippen LogP contribution < -0.4 is 5.32 Å². The largest absolute Gasteiger partial charge is 0.309 e. The second-order valence-electron chi connectivity index (χ2n) is 8.48. The number of hydrogen-bond acceptors (Lipinski definition) is 2. The Kier molecular flexibility index (Phi) is 3.26. The average molecular weight is 319 g/mol. The highest BCUT2D eigenvalue weighted by molar-refractivity contribution is 6.31. The maximum absolute atomic E-state index is 6.30. The molecule has 5 atom stereocenters. The van der Waals surface area contributed by atoms with Crippen molar-refractivity contribution in [3.05, 3.63) is 23.3 Å². The highest BCUT2D eigenvalue weighted by Crippen LogP contribution is 2.51. The molecule has 2 saturated carbocycles. The van der Waals surface area contributed by atoms with Gasteiger partial charge in [0, 0.05) is 29.6 Å². The summed E-state index contributed by atoms with van der Waals surface area (Å²) < 4.78 is 0. The van der Waals surface area contributed by atoms with Crippen molar-refractivity contribution in [1.29, 1.82) is 0 Å². The Bertz CT molecular complexity index is 518. The molecule has 5 rings (SSSR count). The minimum absolute atomic E-state index is 0.462. The molecule has 0 aromatic heterocycles. The summed E-state index contributed by atoms with van der Waals surface area (Å²) in [7, 11) is 0. The minimum atomic E-state index is 0.462. The van der Waals surface area contributed by atoms with Crippen LogP contribution in [0.2, 0.25) is 0 Å². The smallest absolute Gasteiger partial charge is 0.0367 e. The van der Waals surface area contributed by atoms with Gasteiger partial charge in [0.1, 0.15) is 0 Å². The molecule has 22 heavy (non-hydrogen) atoms. The fraction of sp³-hybridized carbons (Fsp3) is 0.789. The van der Waals surface area contributed by atoms with Crippen LogP contribution >= 0.6 is 11.6 Å². The van der Waals surface area contributed by atoms with E-state index < -0.39 is 0 Å². The zero-order valence-corrected chi connectivity index (χ0v) is 14.1. The van der Waals surface area contributed by atoms with Crippen molar-refractivity contribution in [3.63, 3.8) is 0 Å². The molecule has 2 aliphatic heterocycles. The van der Waals surface area contributed by atoms with Gasteiger partial charge in [-0.15, -0.1) is 0 Å². The number of hydrogen-bond donors (Lipinski definition) is 1. The molecule has 2 nitrogen and oxygen atoms in total. The normalized spacial score (nSPS) is 46.2. The number of rotatable bonds is 1. The van der Waals surface area contributed by atoms with Crippen molar-refractivity contribution in [2.45, 2.75) is 50.6 Å². The molecular formula is C19H27ClN2. The Morgan fingerprint density at radius 2 is 2.05 bits per heavy atom. The molecule has 0 aromatic rings. The highest BCUT2D eigenvalue weighted by Gasteiger charge is 2.50. The predicted molar refractivity (Wildman–Crippen MR) is 90.8 cm³/mol. The van der Waals surface area contributed by atoms with Gasteiger partial charge in [0.2, 0.25) is 0 Å². The molecule has 2 heterocycles. The highest BCUT2D eigenvalue weighted by atomic mass is 35.5. The van der Waals surface area contributed by atoms with Crippen molar-refractivity contribution in [3.8, 4) is 0 Å². The van der Waals surface area contributed by atoms with Crippen molar-refractivity contribution >= 4 is 11.6 Å². The van der Waals surface area contributed by atoms with Crippen LogP contribution in [0, 0.1) is 23.2 Å². The van der Waals surface area contributed by atoms with Crippen LogP contribution in [0.15, 0.2) is 23.3 Å². The Morgan fingerprint density at radius 3 is 2.77 bits per heavy atom. The van der Waals surface area contributed by atoms with Crippen LogP contribution in [0.25, 0.3) is 0 Å². The SMILES string of the molecule is ClC1=CC2C(C=C1)NCC21CCN(C2CC3CCC2C3)CC1. The quantitative estimate of drug-likeness (QED) is 0.795. The summed E-state index contributed by atoms with van der Waals surface area (Å²) in [6.45, 7) is 3.81. The molecule has 1 spiro atoms. The molecular weight excluding hydrogens is 292 g/mol. The first-order chi connectivity index (χ1) is 10.7. The zero-order valence-electron chi connectivity index (χ0n) is 13.3. The number of allylic oxidation sites excluding steroid dienone is 2. The van der Waals surface area contributed by atoms with Crippen molar-refractivity contribution in [1.82, 2.24) is 10.2 Å². The number of halogens is 1. The predicted octanol–water partition coefficient (Wildman–Crippen LogP) is 3.54. The third-order valence-electron chi connectivity index (χ3n) is 7.55. The van der Waals surface area contributed by atoms with Crippen LogP contribution in [0.4, 0.5) is 0 Å². The first kappa shape index (κ1) is 14.1. The van der Waals surface area contributed by atoms with E-state index in [4.69, 9.17) is 11.6 Å². The lowest BCUT2D eigenvalue weighted by atomic mass is 9.67. The molecule has 3 heteroatoms. The molecule has 4 fully saturated rings. The van der Waals surface area contributed by atoms with Gasteiger partial charge in [-0.05, 0) is 68.5 Å². The standard InChI is InChI=1S/C19H27ClN2/c20-15-3-4-17-16(11-15)19(12-21-17)5-7-22(8-6-19)18-10-13-1-2-14(18)9-13/h3-4,11,13-14,16-18,21H,1-2,5-10,12H2. The first-order valence-electron chi connectivity index (χ1n) is 9.26. The second kappa shape index (κ2) is 5.09. The molecule has 0 radical (unpaired) electrons. The van der Waals surface area contributed by atoms with Gasteiger partial charge in [0.05, 0.1) is 0 Å². The van der Waals surface area contributed by atoms with Crippen LogP contribution in [0.5, 0.6) is 0 Å². The Balaban J connectivity index is 1.29. The third kappa shape index (κ3) is 2.07. The van der Waals surface area contributed by atoms with E-state index in [1.807, 2.05) is 0 Å². The monoisotopic (exact) mass is 318 g/mol. The molecule has 5 aliphatic rings. The van der Waals surface area contributed by atoms with Crippen molar-refractivity contribution in [2.75, 3.05) is 19.6 Å². The fourth-order valence-corrected chi connectivity index (χ4v) is 6.52. The molecule has 3 aliphatic carbocycles. The van der Waals surface area contributed by atoms with Crippen LogP contribution in [-0.4, -0.2) is 36.6 Å². The molecule has 1 N–H and O–H groups in total. The van der Waals surface area contributed by atoms with Crippen LogP contribution in [0.3, 0.4) is 0 Å². The maximum atomic E-state index is 6.30. The van der Waals surface area contributed by atoms with Gasteiger partial charge >= 0.3 is 0 Å². The Morgan fingerprint density at radius 1 is 1.18 bits per heavy atom. The van der Waals surface area contributed by atoms with E-state index in [0.29, 0.717) is 17.4 Å². The molecule has 5 unspecified atom stereocenters. The number of piperidine rings is 1. The molecule has 0 amide bonds. The van der Waals surface area contributed by atoms with Gasteiger partial charge < -0.3 is 10.2 Å². The van der Waals surface area contributed by atoms with E-state index in [-0.39, 0.29) is 0 Å². The molecule has 0 aromatic carbocycles. The number of fused-ring (bicyclic) bond motifs is 4. The summed E-state index contributed by atoms with van der Waals surface area (Å²) in [5, 5.41) is 4.69. The number of likely N-dealkylation sites (tertiary alicyclic amines) is 1. The van der Waals surface area contributed by atoms with E-state index in [0.717, 1.165) is 22.9 Å². The molecule has 2 saturated heterocycles. The van der Waals surface area contributed by atoms with E-state index in [9.17, 15) is 0 Å². The van der Waals surface area contributed by atoms with Gasteiger partial charge in [-0.3, -0.25) is 0 Å². The fourth-order valence-electron chi connectivity index (χ4n) is 6.31. The summed E-state index contributed by atoms with van der Waals surface area (Å²) in [4.78, 5) is 2.85. The van der Waals surface area contributed by atoms with Crippen molar-refractivity contribution < 1.29 is 0 Å². The lowest BCUT2D eigenvalue weighted by Gasteiger charge is -2.46. The van der Waals surface area contributed by atoms with E-state index in [2.05, 4.69) is 28.4 Å². The Hall–Kier alpha value is -0.310. The van der Waals surface area contributed by atoms with Gasteiger partial charge in [0.25, 0.3) is 0 Å². The van der Waals surface area contributed by atoms with E-state index in [1.165, 1.54) is 58.2 Å². The summed E-state index contributed by atoms with van der Waals surface area (Å²) in [6.07, 6.45) is 15.4.